The summed E-state index contributed by atoms with van der Waals surface area (Å²) in [5, 5.41) is 22.7. The van der Waals surface area contributed by atoms with Crippen LogP contribution in [0.3, 0.4) is 0 Å². The third-order valence-electron chi connectivity index (χ3n) is 3.87. The van der Waals surface area contributed by atoms with Gasteiger partial charge in [0.05, 0.1) is 11.8 Å². The maximum atomic E-state index is 11.6. The van der Waals surface area contributed by atoms with E-state index in [0.29, 0.717) is 6.54 Å². The van der Waals surface area contributed by atoms with Crippen LogP contribution in [0.2, 0.25) is 0 Å². The number of carboxylic acids is 1. The molecule has 0 aliphatic carbocycles. The standard InChI is InChI=1S/C15H25N3O3/c1-10(14(19)11(2)16-3)13(15(20)21)18(4)9-12-7-5-6-8-17-12/h5-8,10-11,13-14,16,19H,9H2,1-4H3,(H,20,21)/t10-,11+,13?,14-/m1/s1. The fourth-order valence-electron chi connectivity index (χ4n) is 2.47. The number of aromatic nitrogens is 1. The molecule has 1 unspecified atom stereocenters. The van der Waals surface area contributed by atoms with E-state index in [1.807, 2.05) is 25.1 Å². The van der Waals surface area contributed by atoms with E-state index >= 15 is 0 Å². The third-order valence-corrected chi connectivity index (χ3v) is 3.87. The summed E-state index contributed by atoms with van der Waals surface area (Å²) >= 11 is 0. The summed E-state index contributed by atoms with van der Waals surface area (Å²) in [5.74, 6) is -1.36. The van der Waals surface area contributed by atoms with Crippen molar-refractivity contribution >= 4 is 5.97 Å². The average molecular weight is 295 g/mol. The highest BCUT2D eigenvalue weighted by atomic mass is 16.4. The Kier molecular flexibility index (Phi) is 6.74. The van der Waals surface area contributed by atoms with Gasteiger partial charge in [-0.25, -0.2) is 0 Å². The number of hydrogen-bond donors (Lipinski definition) is 3. The Morgan fingerprint density at radius 1 is 1.43 bits per heavy atom. The maximum absolute atomic E-state index is 11.6. The largest absolute Gasteiger partial charge is 0.480 e. The Balaban J connectivity index is 2.83. The molecule has 21 heavy (non-hydrogen) atoms. The Labute approximate surface area is 125 Å². The van der Waals surface area contributed by atoms with Crippen molar-refractivity contribution in [2.45, 2.75) is 38.6 Å². The molecular formula is C15H25N3O3. The molecule has 6 heteroatoms. The number of aliphatic hydroxyl groups excluding tert-OH is 1. The van der Waals surface area contributed by atoms with Crippen LogP contribution in [0.4, 0.5) is 0 Å². The average Bonchev–Trinajstić information content (AvgIpc) is 2.46. The topological polar surface area (TPSA) is 85.7 Å². The van der Waals surface area contributed by atoms with Gasteiger partial charge in [-0.2, -0.15) is 0 Å². The first-order chi connectivity index (χ1) is 9.88. The zero-order chi connectivity index (χ0) is 16.0. The second-order valence-electron chi connectivity index (χ2n) is 5.45. The molecule has 0 saturated carbocycles. The Bertz CT molecular complexity index is 441. The molecule has 0 amide bonds. The molecule has 1 heterocycles. The number of likely N-dealkylation sites (N-methyl/N-ethyl adjacent to an activating group) is 2. The van der Waals surface area contributed by atoms with E-state index in [-0.39, 0.29) is 6.04 Å². The lowest BCUT2D eigenvalue weighted by Crippen LogP contribution is -2.51. The van der Waals surface area contributed by atoms with Crippen LogP contribution in [-0.2, 0) is 11.3 Å². The van der Waals surface area contributed by atoms with Crippen LogP contribution in [0, 0.1) is 5.92 Å². The van der Waals surface area contributed by atoms with E-state index in [1.54, 1.807) is 32.1 Å². The molecule has 0 saturated heterocycles. The van der Waals surface area contributed by atoms with Gasteiger partial charge in [0, 0.05) is 24.7 Å². The molecule has 6 nitrogen and oxygen atoms in total. The Morgan fingerprint density at radius 2 is 2.10 bits per heavy atom. The van der Waals surface area contributed by atoms with Gasteiger partial charge in [0.25, 0.3) is 0 Å². The van der Waals surface area contributed by atoms with E-state index in [2.05, 4.69) is 10.3 Å². The molecule has 0 radical (unpaired) electrons. The summed E-state index contributed by atoms with van der Waals surface area (Å²) in [4.78, 5) is 17.5. The number of hydrogen-bond acceptors (Lipinski definition) is 5. The molecule has 4 atom stereocenters. The second-order valence-corrected chi connectivity index (χ2v) is 5.45. The number of pyridine rings is 1. The van der Waals surface area contributed by atoms with Crippen LogP contribution in [0.25, 0.3) is 0 Å². The molecule has 0 fully saturated rings. The summed E-state index contributed by atoms with van der Waals surface area (Å²) in [5.41, 5.74) is 0.801. The van der Waals surface area contributed by atoms with Gasteiger partial charge in [0.1, 0.15) is 6.04 Å². The number of carboxylic acid groups (broad SMARTS) is 1. The molecule has 0 aliphatic rings. The van der Waals surface area contributed by atoms with Crippen molar-refractivity contribution in [2.75, 3.05) is 14.1 Å². The van der Waals surface area contributed by atoms with E-state index in [1.165, 1.54) is 0 Å². The monoisotopic (exact) mass is 295 g/mol. The number of carbonyl (C=O) groups is 1. The third kappa shape index (κ3) is 4.77. The molecule has 1 rings (SSSR count). The molecule has 3 N–H and O–H groups in total. The highest BCUT2D eigenvalue weighted by Gasteiger charge is 2.35. The Morgan fingerprint density at radius 3 is 2.57 bits per heavy atom. The maximum Gasteiger partial charge on any atom is 0.321 e. The van der Waals surface area contributed by atoms with Gasteiger partial charge in [0.2, 0.25) is 0 Å². The molecule has 0 spiro atoms. The van der Waals surface area contributed by atoms with Crippen LogP contribution in [0.15, 0.2) is 24.4 Å². The molecule has 1 aromatic heterocycles. The van der Waals surface area contributed by atoms with Gasteiger partial charge in [-0.1, -0.05) is 13.0 Å². The van der Waals surface area contributed by atoms with Gasteiger partial charge in [-0.15, -0.1) is 0 Å². The smallest absolute Gasteiger partial charge is 0.321 e. The number of nitrogens with zero attached hydrogens (tertiary/aromatic N) is 2. The van der Waals surface area contributed by atoms with Crippen LogP contribution < -0.4 is 5.32 Å². The van der Waals surface area contributed by atoms with Crippen molar-refractivity contribution in [3.8, 4) is 0 Å². The molecule has 0 aromatic carbocycles. The van der Waals surface area contributed by atoms with Crippen molar-refractivity contribution in [3.63, 3.8) is 0 Å². The van der Waals surface area contributed by atoms with Crippen LogP contribution in [0.1, 0.15) is 19.5 Å². The van der Waals surface area contributed by atoms with E-state index in [4.69, 9.17) is 0 Å². The summed E-state index contributed by atoms with van der Waals surface area (Å²) in [7, 11) is 3.48. The van der Waals surface area contributed by atoms with Crippen LogP contribution in [0.5, 0.6) is 0 Å². The first-order valence-electron chi connectivity index (χ1n) is 7.06. The highest BCUT2D eigenvalue weighted by Crippen LogP contribution is 2.18. The van der Waals surface area contributed by atoms with E-state index < -0.39 is 24.0 Å². The van der Waals surface area contributed by atoms with Gasteiger partial charge >= 0.3 is 5.97 Å². The number of nitrogens with one attached hydrogen (secondary N) is 1. The predicted octanol–water partition coefficient (Wildman–Crippen LogP) is 0.572. The zero-order valence-corrected chi connectivity index (χ0v) is 13.0. The van der Waals surface area contributed by atoms with Crippen molar-refractivity contribution in [1.29, 1.82) is 0 Å². The summed E-state index contributed by atoms with van der Waals surface area (Å²) < 4.78 is 0. The number of aliphatic hydroxyl groups is 1. The SMILES string of the molecule is CN[C@@H](C)[C@H](O)[C@H](C)C(C(=O)O)N(C)Cc1ccccn1. The van der Waals surface area contributed by atoms with Crippen molar-refractivity contribution in [3.05, 3.63) is 30.1 Å². The Hall–Kier alpha value is -1.50. The molecule has 0 aliphatic heterocycles. The van der Waals surface area contributed by atoms with E-state index in [9.17, 15) is 15.0 Å². The predicted molar refractivity (Wildman–Crippen MR) is 80.8 cm³/mol. The second kappa shape index (κ2) is 8.07. The molecule has 0 bridgehead atoms. The first kappa shape index (κ1) is 17.6. The first-order valence-corrected chi connectivity index (χ1v) is 7.06. The quantitative estimate of drug-likeness (QED) is 0.650. The lowest BCUT2D eigenvalue weighted by atomic mass is 9.90. The molecule has 118 valence electrons. The highest BCUT2D eigenvalue weighted by molar-refractivity contribution is 5.74. The fraction of sp³-hybridized carbons (Fsp3) is 0.600. The van der Waals surface area contributed by atoms with Crippen molar-refractivity contribution < 1.29 is 15.0 Å². The van der Waals surface area contributed by atoms with Gasteiger partial charge in [-0.3, -0.25) is 14.7 Å². The number of rotatable bonds is 8. The van der Waals surface area contributed by atoms with Gasteiger partial charge < -0.3 is 15.5 Å². The lowest BCUT2D eigenvalue weighted by molar-refractivity contribution is -0.147. The fourth-order valence-corrected chi connectivity index (χ4v) is 2.47. The van der Waals surface area contributed by atoms with Crippen LogP contribution in [-0.4, -0.2) is 58.3 Å². The van der Waals surface area contributed by atoms with Gasteiger partial charge in [0.15, 0.2) is 0 Å². The minimum Gasteiger partial charge on any atom is -0.480 e. The molecular weight excluding hydrogens is 270 g/mol. The number of aliphatic carboxylic acids is 1. The van der Waals surface area contributed by atoms with Gasteiger partial charge in [-0.05, 0) is 33.2 Å². The minimum atomic E-state index is -0.941. The summed E-state index contributed by atoms with van der Waals surface area (Å²) in [6.45, 7) is 4.01. The summed E-state index contributed by atoms with van der Waals surface area (Å²) in [6, 6.07) is 4.59. The minimum absolute atomic E-state index is 0.176. The van der Waals surface area contributed by atoms with Crippen molar-refractivity contribution in [1.82, 2.24) is 15.2 Å². The van der Waals surface area contributed by atoms with E-state index in [0.717, 1.165) is 5.69 Å². The zero-order valence-electron chi connectivity index (χ0n) is 13.0. The lowest BCUT2D eigenvalue weighted by Gasteiger charge is -2.34. The molecule has 1 aromatic rings. The van der Waals surface area contributed by atoms with Crippen molar-refractivity contribution in [2.24, 2.45) is 5.92 Å². The normalized spacial score (nSPS) is 17.2. The summed E-state index contributed by atoms with van der Waals surface area (Å²) in [6.07, 6.45) is 0.933. The van der Waals surface area contributed by atoms with Crippen LogP contribution >= 0.6 is 0 Å².